The second-order valence-electron chi connectivity index (χ2n) is 7.08. The standard InChI is InChI=1S/C23H22N2/c1-15(2)17-6-7-23-21(10-17)12-22(14-25-23)16(3)18-4-5-20-13-24-9-8-19(20)11-18/h4-16H,1-3H3. The van der Waals surface area contributed by atoms with E-state index in [-0.39, 0.29) is 0 Å². The van der Waals surface area contributed by atoms with Gasteiger partial charge in [-0.25, -0.2) is 0 Å². The molecule has 0 aliphatic heterocycles. The summed E-state index contributed by atoms with van der Waals surface area (Å²) in [5, 5.41) is 3.63. The number of pyridine rings is 2. The monoisotopic (exact) mass is 326 g/mol. The summed E-state index contributed by atoms with van der Waals surface area (Å²) in [4.78, 5) is 8.87. The second kappa shape index (κ2) is 6.29. The van der Waals surface area contributed by atoms with Crippen LogP contribution in [0.3, 0.4) is 0 Å². The highest BCUT2D eigenvalue weighted by Crippen LogP contribution is 2.29. The number of aromatic nitrogens is 2. The molecule has 0 fully saturated rings. The van der Waals surface area contributed by atoms with Crippen LogP contribution in [0.15, 0.2) is 67.1 Å². The number of fused-ring (bicyclic) bond motifs is 2. The summed E-state index contributed by atoms with van der Waals surface area (Å²) in [5.74, 6) is 0.830. The summed E-state index contributed by atoms with van der Waals surface area (Å²) >= 11 is 0. The minimum atomic E-state index is 0.303. The number of nitrogens with zero attached hydrogens (tertiary/aromatic N) is 2. The van der Waals surface area contributed by atoms with Crippen LogP contribution in [0.1, 0.15) is 49.3 Å². The fraction of sp³-hybridized carbons (Fsp3) is 0.217. The van der Waals surface area contributed by atoms with Crippen LogP contribution in [-0.4, -0.2) is 9.97 Å². The summed E-state index contributed by atoms with van der Waals surface area (Å²) in [7, 11) is 0. The van der Waals surface area contributed by atoms with Gasteiger partial charge in [0.2, 0.25) is 0 Å². The Kier molecular flexibility index (Phi) is 3.96. The van der Waals surface area contributed by atoms with Crippen LogP contribution in [0.2, 0.25) is 0 Å². The Morgan fingerprint density at radius 3 is 2.28 bits per heavy atom. The molecule has 4 rings (SSSR count). The molecule has 124 valence electrons. The van der Waals surface area contributed by atoms with Gasteiger partial charge in [-0.1, -0.05) is 45.0 Å². The summed E-state index contributed by atoms with van der Waals surface area (Å²) in [6, 6.07) is 17.5. The van der Waals surface area contributed by atoms with Gasteiger partial charge in [-0.05, 0) is 52.3 Å². The minimum absolute atomic E-state index is 0.303. The third-order valence-corrected chi connectivity index (χ3v) is 5.06. The Hall–Kier alpha value is -2.74. The van der Waals surface area contributed by atoms with E-state index < -0.39 is 0 Å². The van der Waals surface area contributed by atoms with Gasteiger partial charge < -0.3 is 0 Å². The van der Waals surface area contributed by atoms with E-state index in [4.69, 9.17) is 0 Å². The summed E-state index contributed by atoms with van der Waals surface area (Å²) < 4.78 is 0. The lowest BCUT2D eigenvalue weighted by molar-refractivity contribution is 0.868. The van der Waals surface area contributed by atoms with E-state index in [0.717, 1.165) is 5.52 Å². The Balaban J connectivity index is 1.76. The fourth-order valence-electron chi connectivity index (χ4n) is 3.33. The Morgan fingerprint density at radius 2 is 1.44 bits per heavy atom. The van der Waals surface area contributed by atoms with E-state index in [2.05, 4.69) is 79.3 Å². The fourth-order valence-corrected chi connectivity index (χ4v) is 3.33. The van der Waals surface area contributed by atoms with Gasteiger partial charge in [0.1, 0.15) is 0 Å². The van der Waals surface area contributed by atoms with Crippen molar-refractivity contribution >= 4 is 21.7 Å². The molecule has 2 heteroatoms. The van der Waals surface area contributed by atoms with Crippen molar-refractivity contribution in [3.8, 4) is 0 Å². The van der Waals surface area contributed by atoms with Gasteiger partial charge in [0.05, 0.1) is 5.52 Å². The molecule has 0 aliphatic rings. The molecule has 25 heavy (non-hydrogen) atoms. The normalized spacial score (nSPS) is 12.8. The molecule has 0 bridgehead atoms. The van der Waals surface area contributed by atoms with Gasteiger partial charge in [0.15, 0.2) is 0 Å². The van der Waals surface area contributed by atoms with Gasteiger partial charge in [-0.15, -0.1) is 0 Å². The molecule has 0 saturated heterocycles. The highest BCUT2D eigenvalue weighted by molar-refractivity contribution is 5.83. The number of hydrogen-bond acceptors (Lipinski definition) is 2. The summed E-state index contributed by atoms with van der Waals surface area (Å²) in [6.45, 7) is 6.70. The van der Waals surface area contributed by atoms with E-state index in [1.165, 1.54) is 32.8 Å². The van der Waals surface area contributed by atoms with Crippen LogP contribution >= 0.6 is 0 Å². The third kappa shape index (κ3) is 3.00. The second-order valence-corrected chi connectivity index (χ2v) is 7.08. The maximum absolute atomic E-state index is 4.68. The molecule has 2 heterocycles. The molecule has 4 aromatic rings. The van der Waals surface area contributed by atoms with Crippen molar-refractivity contribution < 1.29 is 0 Å². The smallest absolute Gasteiger partial charge is 0.0702 e. The van der Waals surface area contributed by atoms with Crippen molar-refractivity contribution in [3.63, 3.8) is 0 Å². The largest absolute Gasteiger partial charge is 0.264 e. The van der Waals surface area contributed by atoms with E-state index in [9.17, 15) is 0 Å². The SMILES string of the molecule is CC(C)c1ccc2ncc(C(C)c3ccc4cnccc4c3)cc2c1. The molecule has 0 amide bonds. The van der Waals surface area contributed by atoms with Crippen LogP contribution < -0.4 is 0 Å². The molecule has 0 spiro atoms. The number of benzene rings is 2. The molecule has 2 aromatic heterocycles. The first kappa shape index (κ1) is 15.8. The van der Waals surface area contributed by atoms with Crippen molar-refractivity contribution in [2.45, 2.75) is 32.6 Å². The third-order valence-electron chi connectivity index (χ3n) is 5.06. The lowest BCUT2D eigenvalue weighted by atomic mass is 9.91. The lowest BCUT2D eigenvalue weighted by Crippen LogP contribution is -1.98. The van der Waals surface area contributed by atoms with E-state index in [0.29, 0.717) is 11.8 Å². The van der Waals surface area contributed by atoms with E-state index in [1.54, 1.807) is 0 Å². The summed E-state index contributed by atoms with van der Waals surface area (Å²) in [6.07, 6.45) is 5.77. The maximum atomic E-state index is 4.68. The van der Waals surface area contributed by atoms with Crippen molar-refractivity contribution in [1.82, 2.24) is 9.97 Å². The van der Waals surface area contributed by atoms with Crippen LogP contribution in [-0.2, 0) is 0 Å². The molecule has 1 unspecified atom stereocenters. The zero-order valence-electron chi connectivity index (χ0n) is 14.9. The zero-order valence-corrected chi connectivity index (χ0v) is 14.9. The van der Waals surface area contributed by atoms with Crippen LogP contribution in [0.4, 0.5) is 0 Å². The number of rotatable bonds is 3. The van der Waals surface area contributed by atoms with E-state index >= 15 is 0 Å². The predicted octanol–water partition coefficient (Wildman–Crippen LogP) is 6.06. The first-order chi connectivity index (χ1) is 12.1. The van der Waals surface area contributed by atoms with Gasteiger partial charge in [-0.2, -0.15) is 0 Å². The van der Waals surface area contributed by atoms with Crippen molar-refractivity contribution in [2.75, 3.05) is 0 Å². The lowest BCUT2D eigenvalue weighted by Gasteiger charge is -2.14. The molecule has 2 aromatic carbocycles. The van der Waals surface area contributed by atoms with Crippen molar-refractivity contribution in [3.05, 3.63) is 83.8 Å². The zero-order chi connectivity index (χ0) is 17.4. The van der Waals surface area contributed by atoms with Crippen molar-refractivity contribution in [2.24, 2.45) is 0 Å². The maximum Gasteiger partial charge on any atom is 0.0702 e. The predicted molar refractivity (Wildman–Crippen MR) is 105 cm³/mol. The first-order valence-electron chi connectivity index (χ1n) is 8.85. The van der Waals surface area contributed by atoms with Gasteiger partial charge in [0, 0.05) is 35.3 Å². The Morgan fingerprint density at radius 1 is 0.680 bits per heavy atom. The van der Waals surface area contributed by atoms with Crippen LogP contribution in [0.5, 0.6) is 0 Å². The molecule has 1 atom stereocenters. The van der Waals surface area contributed by atoms with Gasteiger partial charge >= 0.3 is 0 Å². The molecule has 0 aliphatic carbocycles. The Bertz CT molecular complexity index is 1050. The molecule has 0 saturated carbocycles. The topological polar surface area (TPSA) is 25.8 Å². The number of hydrogen-bond donors (Lipinski definition) is 0. The highest BCUT2D eigenvalue weighted by Gasteiger charge is 2.11. The molecule has 0 radical (unpaired) electrons. The Labute approximate surface area is 148 Å². The average Bonchev–Trinajstić information content (AvgIpc) is 2.66. The molecule has 2 nitrogen and oxygen atoms in total. The van der Waals surface area contributed by atoms with E-state index in [1.807, 2.05) is 18.6 Å². The first-order valence-corrected chi connectivity index (χ1v) is 8.85. The van der Waals surface area contributed by atoms with Crippen LogP contribution in [0.25, 0.3) is 21.7 Å². The van der Waals surface area contributed by atoms with Gasteiger partial charge in [0.25, 0.3) is 0 Å². The van der Waals surface area contributed by atoms with Gasteiger partial charge in [-0.3, -0.25) is 9.97 Å². The highest BCUT2D eigenvalue weighted by atomic mass is 14.7. The summed E-state index contributed by atoms with van der Waals surface area (Å²) in [5.41, 5.74) is 4.98. The molecule has 0 N–H and O–H groups in total. The van der Waals surface area contributed by atoms with Crippen LogP contribution in [0, 0.1) is 0 Å². The molecular weight excluding hydrogens is 304 g/mol. The minimum Gasteiger partial charge on any atom is -0.264 e. The average molecular weight is 326 g/mol. The quantitative estimate of drug-likeness (QED) is 0.457. The molecular formula is C23H22N2. The van der Waals surface area contributed by atoms with Crippen molar-refractivity contribution in [1.29, 1.82) is 0 Å².